The standard InChI is InChI=1S/C12H16O/c1-8-3-4-10-6-11(8)7-12(13)5-9(10)2/h3,5,10-11H,4,6-7H2,1-2H3/t10-,11+/m0/s1. The van der Waals surface area contributed by atoms with E-state index in [1.807, 2.05) is 6.08 Å². The number of carbonyl (C=O) groups is 1. The predicted molar refractivity (Wildman–Crippen MR) is 53.4 cm³/mol. The minimum atomic E-state index is 0.319. The third kappa shape index (κ3) is 1.60. The lowest BCUT2D eigenvalue weighted by Gasteiger charge is -2.26. The van der Waals surface area contributed by atoms with Crippen molar-refractivity contribution in [2.45, 2.75) is 33.1 Å². The average Bonchev–Trinajstić information content (AvgIpc) is 2.18. The average molecular weight is 176 g/mol. The fourth-order valence-corrected chi connectivity index (χ4v) is 2.41. The van der Waals surface area contributed by atoms with E-state index in [4.69, 9.17) is 0 Å². The number of hydrogen-bond donors (Lipinski definition) is 0. The van der Waals surface area contributed by atoms with E-state index >= 15 is 0 Å². The second kappa shape index (κ2) is 3.13. The van der Waals surface area contributed by atoms with Crippen LogP contribution in [-0.4, -0.2) is 5.78 Å². The number of fused-ring (bicyclic) bond motifs is 2. The summed E-state index contributed by atoms with van der Waals surface area (Å²) in [5, 5.41) is 0. The van der Waals surface area contributed by atoms with E-state index in [0.717, 1.165) is 12.8 Å². The molecule has 1 nitrogen and oxygen atoms in total. The normalized spacial score (nSPS) is 33.5. The number of hydrogen-bond acceptors (Lipinski definition) is 1. The quantitative estimate of drug-likeness (QED) is 0.519. The van der Waals surface area contributed by atoms with Gasteiger partial charge in [-0.05, 0) is 44.6 Å². The third-order valence-electron chi connectivity index (χ3n) is 3.42. The van der Waals surface area contributed by atoms with Crippen LogP contribution in [0.2, 0.25) is 0 Å². The monoisotopic (exact) mass is 176 g/mol. The lowest BCUT2D eigenvalue weighted by Crippen LogP contribution is -2.14. The van der Waals surface area contributed by atoms with Gasteiger partial charge < -0.3 is 0 Å². The Morgan fingerprint density at radius 3 is 2.77 bits per heavy atom. The molecule has 0 aromatic carbocycles. The Balaban J connectivity index is 2.32. The van der Waals surface area contributed by atoms with Crippen molar-refractivity contribution >= 4 is 5.78 Å². The zero-order chi connectivity index (χ0) is 9.42. The van der Waals surface area contributed by atoms with Crippen molar-refractivity contribution in [2.75, 3.05) is 0 Å². The Kier molecular flexibility index (Phi) is 2.10. The lowest BCUT2D eigenvalue weighted by molar-refractivity contribution is -0.115. The lowest BCUT2D eigenvalue weighted by atomic mass is 9.79. The molecule has 0 N–H and O–H groups in total. The van der Waals surface area contributed by atoms with Gasteiger partial charge >= 0.3 is 0 Å². The van der Waals surface area contributed by atoms with Crippen LogP contribution in [0.3, 0.4) is 0 Å². The molecule has 2 aliphatic rings. The van der Waals surface area contributed by atoms with E-state index < -0.39 is 0 Å². The maximum atomic E-state index is 11.5. The highest BCUT2D eigenvalue weighted by Crippen LogP contribution is 2.37. The van der Waals surface area contributed by atoms with Crippen molar-refractivity contribution in [3.05, 3.63) is 23.3 Å². The zero-order valence-electron chi connectivity index (χ0n) is 8.34. The van der Waals surface area contributed by atoms with Gasteiger partial charge in [0, 0.05) is 6.42 Å². The number of rotatable bonds is 0. The first-order chi connectivity index (χ1) is 6.16. The Morgan fingerprint density at radius 1 is 1.23 bits per heavy atom. The molecule has 0 heterocycles. The van der Waals surface area contributed by atoms with Crippen LogP contribution in [0.5, 0.6) is 0 Å². The van der Waals surface area contributed by atoms with E-state index in [1.54, 1.807) is 0 Å². The summed E-state index contributed by atoms with van der Waals surface area (Å²) >= 11 is 0. The van der Waals surface area contributed by atoms with Gasteiger partial charge in [-0.25, -0.2) is 0 Å². The minimum Gasteiger partial charge on any atom is -0.295 e. The van der Waals surface area contributed by atoms with Gasteiger partial charge in [-0.15, -0.1) is 0 Å². The summed E-state index contributed by atoms with van der Waals surface area (Å²) in [5.41, 5.74) is 2.71. The molecular formula is C12H16O. The zero-order valence-corrected chi connectivity index (χ0v) is 8.34. The summed E-state index contributed by atoms with van der Waals surface area (Å²) in [5.74, 6) is 1.49. The molecular weight excluding hydrogens is 160 g/mol. The summed E-state index contributed by atoms with van der Waals surface area (Å²) in [4.78, 5) is 11.5. The third-order valence-corrected chi connectivity index (χ3v) is 3.42. The second-order valence-electron chi connectivity index (χ2n) is 4.37. The summed E-state index contributed by atoms with van der Waals surface area (Å²) in [6.45, 7) is 4.26. The van der Waals surface area contributed by atoms with Gasteiger partial charge in [-0.3, -0.25) is 4.79 Å². The molecule has 1 heteroatoms. The number of ketones is 1. The van der Waals surface area contributed by atoms with Gasteiger partial charge in [-0.1, -0.05) is 17.2 Å². The first kappa shape index (κ1) is 8.74. The highest BCUT2D eigenvalue weighted by Gasteiger charge is 2.27. The van der Waals surface area contributed by atoms with Gasteiger partial charge in [0.25, 0.3) is 0 Å². The van der Waals surface area contributed by atoms with Gasteiger partial charge in [0.1, 0.15) is 0 Å². The molecule has 2 bridgehead atoms. The van der Waals surface area contributed by atoms with E-state index in [-0.39, 0.29) is 0 Å². The molecule has 0 spiro atoms. The van der Waals surface area contributed by atoms with E-state index in [1.165, 1.54) is 17.6 Å². The SMILES string of the molecule is CC1=CC(=O)C[C@H]2C[C@@H]1CC=C2C. The van der Waals surface area contributed by atoms with Crippen LogP contribution in [0.15, 0.2) is 23.3 Å². The molecule has 0 unspecified atom stereocenters. The molecule has 0 amide bonds. The Morgan fingerprint density at radius 2 is 2.00 bits per heavy atom. The van der Waals surface area contributed by atoms with E-state index in [2.05, 4.69) is 19.9 Å². The van der Waals surface area contributed by atoms with Crippen LogP contribution in [-0.2, 0) is 4.79 Å². The van der Waals surface area contributed by atoms with Crippen LogP contribution >= 0.6 is 0 Å². The molecule has 0 aromatic rings. The van der Waals surface area contributed by atoms with Crippen LogP contribution in [0.4, 0.5) is 0 Å². The molecule has 2 atom stereocenters. The molecule has 2 aliphatic carbocycles. The van der Waals surface area contributed by atoms with Crippen LogP contribution < -0.4 is 0 Å². The largest absolute Gasteiger partial charge is 0.295 e. The van der Waals surface area contributed by atoms with Crippen LogP contribution in [0.25, 0.3) is 0 Å². The molecule has 0 radical (unpaired) electrons. The number of carbonyl (C=O) groups excluding carboxylic acids is 1. The first-order valence-electron chi connectivity index (χ1n) is 5.04. The summed E-state index contributed by atoms with van der Waals surface area (Å²) in [6, 6.07) is 0. The van der Waals surface area contributed by atoms with Crippen molar-refractivity contribution in [3.8, 4) is 0 Å². The van der Waals surface area contributed by atoms with Gasteiger partial charge in [0.05, 0.1) is 0 Å². The summed E-state index contributed by atoms with van der Waals surface area (Å²) in [7, 11) is 0. The maximum absolute atomic E-state index is 11.5. The van der Waals surface area contributed by atoms with Gasteiger partial charge in [-0.2, -0.15) is 0 Å². The number of allylic oxidation sites excluding steroid dienone is 4. The van der Waals surface area contributed by atoms with Crippen LogP contribution in [0, 0.1) is 11.8 Å². The van der Waals surface area contributed by atoms with Crippen LogP contribution in [0.1, 0.15) is 33.1 Å². The first-order valence-corrected chi connectivity index (χ1v) is 5.04. The van der Waals surface area contributed by atoms with Crippen molar-refractivity contribution in [2.24, 2.45) is 11.8 Å². The van der Waals surface area contributed by atoms with E-state index in [0.29, 0.717) is 17.6 Å². The molecule has 0 aromatic heterocycles. The summed E-state index contributed by atoms with van der Waals surface area (Å²) in [6.07, 6.45) is 7.23. The van der Waals surface area contributed by atoms with Crippen molar-refractivity contribution in [1.82, 2.24) is 0 Å². The second-order valence-corrected chi connectivity index (χ2v) is 4.37. The van der Waals surface area contributed by atoms with Crippen molar-refractivity contribution in [3.63, 3.8) is 0 Å². The smallest absolute Gasteiger partial charge is 0.156 e. The molecule has 70 valence electrons. The Labute approximate surface area is 79.5 Å². The maximum Gasteiger partial charge on any atom is 0.156 e. The molecule has 2 rings (SSSR count). The highest BCUT2D eigenvalue weighted by atomic mass is 16.1. The highest BCUT2D eigenvalue weighted by molar-refractivity contribution is 5.91. The van der Waals surface area contributed by atoms with Crippen molar-refractivity contribution < 1.29 is 4.79 Å². The summed E-state index contributed by atoms with van der Waals surface area (Å²) < 4.78 is 0. The fourth-order valence-electron chi connectivity index (χ4n) is 2.41. The molecule has 0 aliphatic heterocycles. The topological polar surface area (TPSA) is 17.1 Å². The van der Waals surface area contributed by atoms with Gasteiger partial charge in [0.15, 0.2) is 5.78 Å². The molecule has 13 heavy (non-hydrogen) atoms. The molecule has 0 saturated carbocycles. The Bertz CT molecular complexity index is 296. The fraction of sp³-hybridized carbons (Fsp3) is 0.583. The van der Waals surface area contributed by atoms with Crippen molar-refractivity contribution in [1.29, 1.82) is 0 Å². The molecule has 0 fully saturated rings. The minimum absolute atomic E-state index is 0.319. The Hall–Kier alpha value is -0.850. The van der Waals surface area contributed by atoms with E-state index in [9.17, 15) is 4.79 Å². The predicted octanol–water partition coefficient (Wildman–Crippen LogP) is 2.88. The van der Waals surface area contributed by atoms with Gasteiger partial charge in [0.2, 0.25) is 0 Å². The molecule has 0 saturated heterocycles.